The van der Waals surface area contributed by atoms with E-state index in [0.717, 1.165) is 57.1 Å². The van der Waals surface area contributed by atoms with Crippen LogP contribution in [-0.4, -0.2) is 79.8 Å². The number of methoxy groups -OCH3 is 1. The fraction of sp³-hybridized carbons (Fsp3) is 0.733. The summed E-state index contributed by atoms with van der Waals surface area (Å²) in [5.74, 6) is 0.933. The molecule has 1 unspecified atom stereocenters. The van der Waals surface area contributed by atoms with Crippen molar-refractivity contribution in [1.82, 2.24) is 25.1 Å². The van der Waals surface area contributed by atoms with Gasteiger partial charge in [0.1, 0.15) is 5.82 Å². The monoisotopic (exact) mass is 293 g/mol. The molecule has 1 N–H and O–H groups in total. The normalized spacial score (nSPS) is 20.8. The van der Waals surface area contributed by atoms with E-state index in [1.165, 1.54) is 0 Å². The van der Waals surface area contributed by atoms with Gasteiger partial charge in [0.25, 0.3) is 0 Å². The van der Waals surface area contributed by atoms with Crippen LogP contribution >= 0.6 is 0 Å². The molecule has 2 heterocycles. The molecule has 6 heteroatoms. The molecule has 0 aromatic carbocycles. The lowest BCUT2D eigenvalue weighted by molar-refractivity contribution is 0.113. The number of nitrogens with zero attached hydrogens (tertiary/aromatic N) is 4. The second-order valence-electron chi connectivity index (χ2n) is 5.78. The molecule has 2 rings (SSSR count). The topological polar surface area (TPSA) is 53.5 Å². The first-order chi connectivity index (χ1) is 10.2. The molecular formula is C15H27N5O. The lowest BCUT2D eigenvalue weighted by Crippen LogP contribution is -2.50. The van der Waals surface area contributed by atoms with Crippen LogP contribution in [0, 0.1) is 0 Å². The number of hydrogen-bond acceptors (Lipinski definition) is 6. The smallest absolute Gasteiger partial charge is 0.129 e. The van der Waals surface area contributed by atoms with E-state index in [0.29, 0.717) is 6.04 Å². The Labute approximate surface area is 127 Å². The summed E-state index contributed by atoms with van der Waals surface area (Å²) in [6, 6.07) is 0.509. The molecule has 1 saturated heterocycles. The average Bonchev–Trinajstić information content (AvgIpc) is 2.49. The molecular weight excluding hydrogens is 266 g/mol. The highest BCUT2D eigenvalue weighted by Gasteiger charge is 2.23. The summed E-state index contributed by atoms with van der Waals surface area (Å²) in [4.78, 5) is 13.8. The van der Waals surface area contributed by atoms with Crippen molar-refractivity contribution in [2.75, 3.05) is 54.0 Å². The van der Waals surface area contributed by atoms with Gasteiger partial charge in [-0.15, -0.1) is 0 Å². The van der Waals surface area contributed by atoms with Crippen molar-refractivity contribution >= 4 is 0 Å². The second kappa shape index (κ2) is 8.38. The van der Waals surface area contributed by atoms with Gasteiger partial charge in [0.15, 0.2) is 0 Å². The first-order valence-electron chi connectivity index (χ1n) is 7.57. The highest BCUT2D eigenvalue weighted by Crippen LogP contribution is 2.10. The standard InChI is InChI=1S/C15H27N5O/c1-19-5-6-20(2)14(12-19)8-15-17-10-13(11-18-15)9-16-4-7-21-3/h10-11,14,16H,4-9,12H2,1-3H3. The Balaban J connectivity index is 1.81. The van der Waals surface area contributed by atoms with Crippen molar-refractivity contribution in [3.05, 3.63) is 23.8 Å². The van der Waals surface area contributed by atoms with Gasteiger partial charge in [-0.2, -0.15) is 0 Å². The lowest BCUT2D eigenvalue weighted by atomic mass is 10.1. The van der Waals surface area contributed by atoms with Crippen LogP contribution in [0.15, 0.2) is 12.4 Å². The number of aromatic nitrogens is 2. The van der Waals surface area contributed by atoms with E-state index in [1.54, 1.807) is 7.11 Å². The molecule has 0 amide bonds. The highest BCUT2D eigenvalue weighted by atomic mass is 16.5. The van der Waals surface area contributed by atoms with Crippen LogP contribution in [0.5, 0.6) is 0 Å². The summed E-state index contributed by atoms with van der Waals surface area (Å²) in [6.45, 7) is 5.69. The van der Waals surface area contributed by atoms with Gasteiger partial charge in [0, 0.05) is 70.3 Å². The minimum Gasteiger partial charge on any atom is -0.383 e. The predicted octanol–water partition coefficient (Wildman–Crippen LogP) is 0.000900. The molecule has 0 saturated carbocycles. The van der Waals surface area contributed by atoms with Crippen LogP contribution in [0.25, 0.3) is 0 Å². The third-order valence-electron chi connectivity index (χ3n) is 3.97. The van der Waals surface area contributed by atoms with Crippen LogP contribution in [0.2, 0.25) is 0 Å². The molecule has 6 nitrogen and oxygen atoms in total. The van der Waals surface area contributed by atoms with E-state index in [2.05, 4.69) is 39.2 Å². The Morgan fingerprint density at radius 3 is 2.76 bits per heavy atom. The van der Waals surface area contributed by atoms with E-state index >= 15 is 0 Å². The Morgan fingerprint density at radius 2 is 2.05 bits per heavy atom. The predicted molar refractivity (Wildman–Crippen MR) is 83.2 cm³/mol. The van der Waals surface area contributed by atoms with Crippen molar-refractivity contribution < 1.29 is 4.74 Å². The Kier molecular flexibility index (Phi) is 6.50. The maximum absolute atomic E-state index is 5.00. The number of rotatable bonds is 7. The Bertz CT molecular complexity index is 411. The van der Waals surface area contributed by atoms with E-state index < -0.39 is 0 Å². The Morgan fingerprint density at radius 1 is 1.29 bits per heavy atom. The number of hydrogen-bond donors (Lipinski definition) is 1. The number of ether oxygens (including phenoxy) is 1. The molecule has 1 atom stereocenters. The van der Waals surface area contributed by atoms with Crippen LogP contribution in [0.1, 0.15) is 11.4 Å². The maximum atomic E-state index is 5.00. The van der Waals surface area contributed by atoms with E-state index in [1.807, 2.05) is 12.4 Å². The average molecular weight is 293 g/mol. The van der Waals surface area contributed by atoms with Gasteiger partial charge in [-0.3, -0.25) is 0 Å². The summed E-state index contributed by atoms with van der Waals surface area (Å²) in [5, 5.41) is 3.30. The van der Waals surface area contributed by atoms with Crippen LogP contribution < -0.4 is 5.32 Å². The van der Waals surface area contributed by atoms with Crippen LogP contribution in [-0.2, 0) is 17.7 Å². The van der Waals surface area contributed by atoms with Crippen molar-refractivity contribution in [3.8, 4) is 0 Å². The molecule has 1 aliphatic rings. The molecule has 1 aliphatic heterocycles. The maximum Gasteiger partial charge on any atom is 0.129 e. The number of likely N-dealkylation sites (N-methyl/N-ethyl adjacent to an activating group) is 2. The third-order valence-corrected chi connectivity index (χ3v) is 3.97. The lowest BCUT2D eigenvalue weighted by Gasteiger charge is -2.37. The zero-order valence-electron chi connectivity index (χ0n) is 13.4. The summed E-state index contributed by atoms with van der Waals surface area (Å²) < 4.78 is 5.00. The third kappa shape index (κ3) is 5.32. The number of piperazine rings is 1. The van der Waals surface area contributed by atoms with Gasteiger partial charge >= 0.3 is 0 Å². The summed E-state index contributed by atoms with van der Waals surface area (Å²) in [5.41, 5.74) is 1.11. The molecule has 118 valence electrons. The van der Waals surface area contributed by atoms with Gasteiger partial charge in [0.2, 0.25) is 0 Å². The second-order valence-corrected chi connectivity index (χ2v) is 5.78. The molecule has 0 radical (unpaired) electrons. The van der Waals surface area contributed by atoms with Gasteiger partial charge < -0.3 is 19.9 Å². The molecule has 1 aromatic rings. The minimum atomic E-state index is 0.509. The molecule has 1 fully saturated rings. The van der Waals surface area contributed by atoms with Crippen molar-refractivity contribution in [3.63, 3.8) is 0 Å². The molecule has 0 spiro atoms. The van der Waals surface area contributed by atoms with E-state index in [9.17, 15) is 0 Å². The van der Waals surface area contributed by atoms with E-state index in [4.69, 9.17) is 4.74 Å². The highest BCUT2D eigenvalue weighted by molar-refractivity contribution is 5.06. The summed E-state index contributed by atoms with van der Waals surface area (Å²) >= 11 is 0. The quantitative estimate of drug-likeness (QED) is 0.714. The fourth-order valence-electron chi connectivity index (χ4n) is 2.52. The van der Waals surface area contributed by atoms with Crippen LogP contribution in [0.4, 0.5) is 0 Å². The number of nitrogens with one attached hydrogen (secondary N) is 1. The van der Waals surface area contributed by atoms with Crippen molar-refractivity contribution in [2.24, 2.45) is 0 Å². The first-order valence-corrected chi connectivity index (χ1v) is 7.57. The van der Waals surface area contributed by atoms with Gasteiger partial charge in [-0.1, -0.05) is 0 Å². The van der Waals surface area contributed by atoms with Gasteiger partial charge in [0.05, 0.1) is 6.61 Å². The van der Waals surface area contributed by atoms with E-state index in [-0.39, 0.29) is 0 Å². The molecule has 0 aliphatic carbocycles. The minimum absolute atomic E-state index is 0.509. The molecule has 1 aromatic heterocycles. The first kappa shape index (κ1) is 16.3. The zero-order valence-corrected chi connectivity index (χ0v) is 13.4. The molecule has 0 bridgehead atoms. The molecule has 21 heavy (non-hydrogen) atoms. The van der Waals surface area contributed by atoms with Gasteiger partial charge in [-0.25, -0.2) is 9.97 Å². The largest absolute Gasteiger partial charge is 0.383 e. The Hall–Kier alpha value is -1.08. The van der Waals surface area contributed by atoms with Crippen molar-refractivity contribution in [2.45, 2.75) is 19.0 Å². The van der Waals surface area contributed by atoms with Gasteiger partial charge in [-0.05, 0) is 14.1 Å². The van der Waals surface area contributed by atoms with Crippen molar-refractivity contribution in [1.29, 1.82) is 0 Å². The zero-order chi connectivity index (χ0) is 15.1. The SMILES string of the molecule is COCCNCc1cnc(CC2CN(C)CCN2C)nc1. The fourth-order valence-corrected chi connectivity index (χ4v) is 2.52. The van der Waals surface area contributed by atoms with Crippen LogP contribution in [0.3, 0.4) is 0 Å². The summed E-state index contributed by atoms with van der Waals surface area (Å²) in [7, 11) is 6.07. The summed E-state index contributed by atoms with van der Waals surface area (Å²) in [6.07, 6.45) is 4.77.